The van der Waals surface area contributed by atoms with Gasteiger partial charge in [0.1, 0.15) is 0 Å². The molecule has 1 aliphatic rings. The van der Waals surface area contributed by atoms with Gasteiger partial charge in [-0.3, -0.25) is 9.59 Å². The average Bonchev–Trinajstić information content (AvgIpc) is 2.72. The van der Waals surface area contributed by atoms with Crippen molar-refractivity contribution >= 4 is 11.8 Å². The summed E-state index contributed by atoms with van der Waals surface area (Å²) in [5.74, 6) is 5.24. The third-order valence-electron chi connectivity index (χ3n) is 3.05. The molecule has 1 unspecified atom stereocenters. The molecule has 0 aromatic heterocycles. The molecule has 1 aliphatic carbocycles. The van der Waals surface area contributed by atoms with E-state index in [2.05, 4.69) is 18.8 Å². The Morgan fingerprint density at radius 1 is 1.47 bits per heavy atom. The first-order valence-corrected chi connectivity index (χ1v) is 6.78. The van der Waals surface area contributed by atoms with Crippen molar-refractivity contribution in [3.63, 3.8) is 0 Å². The molecule has 19 heavy (non-hydrogen) atoms. The third kappa shape index (κ3) is 5.56. The summed E-state index contributed by atoms with van der Waals surface area (Å²) in [6.07, 6.45) is 9.74. The van der Waals surface area contributed by atoms with Gasteiger partial charge in [-0.25, -0.2) is 0 Å². The van der Waals surface area contributed by atoms with Crippen molar-refractivity contribution in [2.75, 3.05) is 0 Å². The Hall–Kier alpha value is -1.82. The van der Waals surface area contributed by atoms with Crippen molar-refractivity contribution in [2.45, 2.75) is 45.4 Å². The monoisotopic (exact) mass is 260 g/mol. The Kier molecular flexibility index (Phi) is 6.67. The first-order valence-electron chi connectivity index (χ1n) is 6.78. The molecule has 0 aromatic rings. The van der Waals surface area contributed by atoms with E-state index >= 15 is 0 Å². The number of hydrogen-bond acceptors (Lipinski definition) is 2. The minimum Gasteiger partial charge on any atom is -0.481 e. The molecule has 0 heterocycles. The first kappa shape index (κ1) is 15.2. The van der Waals surface area contributed by atoms with Gasteiger partial charge in [0.05, 0.1) is 0 Å². The molecule has 0 amide bonds. The number of rotatable bonds is 6. The van der Waals surface area contributed by atoms with Gasteiger partial charge in [-0.2, -0.15) is 0 Å². The molecule has 1 N–H and O–H groups in total. The maximum absolute atomic E-state index is 11.7. The summed E-state index contributed by atoms with van der Waals surface area (Å²) in [6.45, 7) is 2.13. The summed E-state index contributed by atoms with van der Waals surface area (Å²) in [7, 11) is 0. The van der Waals surface area contributed by atoms with Crippen molar-refractivity contribution in [3.8, 4) is 11.8 Å². The minimum absolute atomic E-state index is 0.0564. The van der Waals surface area contributed by atoms with Gasteiger partial charge in [-0.1, -0.05) is 37.7 Å². The lowest BCUT2D eigenvalue weighted by Gasteiger charge is -2.07. The molecule has 0 radical (unpaired) electrons. The Morgan fingerprint density at radius 3 is 2.95 bits per heavy atom. The Morgan fingerprint density at radius 2 is 2.26 bits per heavy atom. The van der Waals surface area contributed by atoms with Gasteiger partial charge in [0, 0.05) is 24.3 Å². The molecule has 3 heteroatoms. The number of carbonyl (C=O) groups excluding carboxylic acids is 1. The van der Waals surface area contributed by atoms with Gasteiger partial charge in [0.25, 0.3) is 0 Å². The van der Waals surface area contributed by atoms with E-state index < -0.39 is 5.97 Å². The zero-order valence-electron chi connectivity index (χ0n) is 11.3. The van der Waals surface area contributed by atoms with Gasteiger partial charge in [0.2, 0.25) is 0 Å². The molecule has 0 saturated carbocycles. The van der Waals surface area contributed by atoms with Gasteiger partial charge >= 0.3 is 5.97 Å². The number of carbonyl (C=O) groups is 2. The number of hydrogen-bond donors (Lipinski definition) is 1. The summed E-state index contributed by atoms with van der Waals surface area (Å²) in [4.78, 5) is 22.0. The zero-order chi connectivity index (χ0) is 14.1. The van der Waals surface area contributed by atoms with E-state index in [1.807, 2.05) is 6.08 Å². The second-order valence-corrected chi connectivity index (χ2v) is 4.64. The van der Waals surface area contributed by atoms with Gasteiger partial charge in [-0.15, -0.1) is 0 Å². The molecule has 0 bridgehead atoms. The predicted octanol–water partition coefficient (Wildman–Crippen LogP) is 3.12. The van der Waals surface area contributed by atoms with E-state index in [1.165, 1.54) is 0 Å². The molecule has 3 nitrogen and oxygen atoms in total. The smallest absolute Gasteiger partial charge is 0.303 e. The number of unbranched alkanes of at least 4 members (excludes halogenated alkanes) is 2. The Balaban J connectivity index is 2.47. The number of ketones is 1. The zero-order valence-corrected chi connectivity index (χ0v) is 11.3. The van der Waals surface area contributed by atoms with Crippen LogP contribution in [-0.2, 0) is 9.59 Å². The summed E-state index contributed by atoms with van der Waals surface area (Å²) < 4.78 is 0. The van der Waals surface area contributed by atoms with Crippen molar-refractivity contribution in [1.82, 2.24) is 0 Å². The summed E-state index contributed by atoms with van der Waals surface area (Å²) >= 11 is 0. The van der Waals surface area contributed by atoms with E-state index in [1.54, 1.807) is 12.2 Å². The summed E-state index contributed by atoms with van der Waals surface area (Å²) in [5, 5.41) is 8.48. The molecule has 0 aromatic carbocycles. The Bertz CT molecular complexity index is 446. The van der Waals surface area contributed by atoms with Crippen LogP contribution in [0.3, 0.4) is 0 Å². The minimum atomic E-state index is -0.796. The maximum Gasteiger partial charge on any atom is 0.303 e. The number of carboxylic acid groups (broad SMARTS) is 1. The second kappa shape index (κ2) is 8.31. The fraction of sp³-hybridized carbons (Fsp3) is 0.500. The maximum atomic E-state index is 11.7. The van der Waals surface area contributed by atoms with E-state index in [4.69, 9.17) is 5.11 Å². The van der Waals surface area contributed by atoms with Crippen LogP contribution in [0, 0.1) is 17.8 Å². The SMILES string of the molecule is CCCCC1C=CC(=O)C1=CC#CCCCC(=O)O. The van der Waals surface area contributed by atoms with Crippen LogP contribution >= 0.6 is 0 Å². The van der Waals surface area contributed by atoms with Crippen LogP contribution in [0.4, 0.5) is 0 Å². The summed E-state index contributed by atoms with van der Waals surface area (Å²) in [6, 6.07) is 0. The van der Waals surface area contributed by atoms with E-state index in [0.717, 1.165) is 24.8 Å². The molecule has 1 atom stereocenters. The molecular formula is C16H20O3. The molecule has 0 spiro atoms. The molecule has 0 saturated heterocycles. The first-order chi connectivity index (χ1) is 9.15. The summed E-state index contributed by atoms with van der Waals surface area (Å²) in [5.41, 5.74) is 0.777. The topological polar surface area (TPSA) is 54.4 Å². The standard InChI is InChI=1S/C16H20O3/c1-2-3-8-13-11-12-15(17)14(13)9-6-4-5-7-10-16(18)19/h9,11-13H,2-3,5,7-8,10H2,1H3,(H,18,19). The Labute approximate surface area is 114 Å². The average molecular weight is 260 g/mol. The largest absolute Gasteiger partial charge is 0.481 e. The lowest BCUT2D eigenvalue weighted by molar-refractivity contribution is -0.137. The quantitative estimate of drug-likeness (QED) is 0.453. The molecule has 0 aliphatic heterocycles. The fourth-order valence-corrected chi connectivity index (χ4v) is 1.97. The normalized spacial score (nSPS) is 19.5. The fourth-order valence-electron chi connectivity index (χ4n) is 1.97. The highest BCUT2D eigenvalue weighted by molar-refractivity contribution is 6.07. The van der Waals surface area contributed by atoms with Crippen molar-refractivity contribution in [2.24, 2.45) is 5.92 Å². The van der Waals surface area contributed by atoms with Crippen LogP contribution in [0.5, 0.6) is 0 Å². The molecule has 102 valence electrons. The van der Waals surface area contributed by atoms with Crippen molar-refractivity contribution in [1.29, 1.82) is 0 Å². The van der Waals surface area contributed by atoms with E-state index in [9.17, 15) is 9.59 Å². The molecule has 1 rings (SSSR count). The number of carboxylic acids is 1. The van der Waals surface area contributed by atoms with Gasteiger partial charge in [-0.05, 0) is 25.0 Å². The van der Waals surface area contributed by atoms with Crippen LogP contribution in [-0.4, -0.2) is 16.9 Å². The van der Waals surface area contributed by atoms with Crippen LogP contribution < -0.4 is 0 Å². The van der Waals surface area contributed by atoms with E-state index in [-0.39, 0.29) is 18.1 Å². The lowest BCUT2D eigenvalue weighted by Crippen LogP contribution is -2.02. The lowest BCUT2D eigenvalue weighted by atomic mass is 9.96. The highest BCUT2D eigenvalue weighted by atomic mass is 16.4. The van der Waals surface area contributed by atoms with Crippen molar-refractivity contribution < 1.29 is 14.7 Å². The molecule has 0 fully saturated rings. The third-order valence-corrected chi connectivity index (χ3v) is 3.05. The van der Waals surface area contributed by atoms with E-state index in [0.29, 0.717) is 12.8 Å². The van der Waals surface area contributed by atoms with Crippen LogP contribution in [0.15, 0.2) is 23.8 Å². The van der Waals surface area contributed by atoms with Crippen LogP contribution in [0.2, 0.25) is 0 Å². The predicted molar refractivity (Wildman–Crippen MR) is 74.5 cm³/mol. The van der Waals surface area contributed by atoms with Crippen molar-refractivity contribution in [3.05, 3.63) is 23.8 Å². The second-order valence-electron chi connectivity index (χ2n) is 4.64. The number of allylic oxidation sites excluding steroid dienone is 4. The number of aliphatic carboxylic acids is 1. The molecular weight excluding hydrogens is 240 g/mol. The van der Waals surface area contributed by atoms with Gasteiger partial charge < -0.3 is 5.11 Å². The van der Waals surface area contributed by atoms with Gasteiger partial charge in [0.15, 0.2) is 5.78 Å². The van der Waals surface area contributed by atoms with Crippen LogP contribution in [0.25, 0.3) is 0 Å². The van der Waals surface area contributed by atoms with Crippen LogP contribution in [0.1, 0.15) is 45.4 Å². The highest BCUT2D eigenvalue weighted by Gasteiger charge is 2.21. The highest BCUT2D eigenvalue weighted by Crippen LogP contribution is 2.26.